The molecule has 0 heterocycles. The van der Waals surface area contributed by atoms with Gasteiger partial charge in [0.2, 0.25) is 0 Å². The van der Waals surface area contributed by atoms with Gasteiger partial charge in [0, 0.05) is 5.71 Å². The van der Waals surface area contributed by atoms with Crippen molar-refractivity contribution in [3.63, 3.8) is 0 Å². The van der Waals surface area contributed by atoms with Crippen molar-refractivity contribution < 1.29 is 0 Å². The largest absolute Gasteiger partial charge is 0.229 e. The van der Waals surface area contributed by atoms with Crippen LogP contribution in [-0.4, -0.2) is 5.71 Å². The summed E-state index contributed by atoms with van der Waals surface area (Å²) < 4.78 is 3.81. The smallest absolute Gasteiger partial charge is 0.0259 e. The Morgan fingerprint density at radius 2 is 2.44 bits per heavy atom. The Morgan fingerprint density at radius 1 is 1.78 bits per heavy atom. The maximum absolute atomic E-state index is 3.82. The second-order valence-electron chi connectivity index (χ2n) is 1.85. The summed E-state index contributed by atoms with van der Waals surface area (Å²) in [7, 11) is 0. The maximum atomic E-state index is 3.82. The molecule has 1 nitrogen and oxygen atoms in total. The molecule has 0 aliphatic carbocycles. The van der Waals surface area contributed by atoms with Crippen molar-refractivity contribution >= 4 is 18.5 Å². The van der Waals surface area contributed by atoms with Crippen LogP contribution in [0.5, 0.6) is 0 Å². The van der Waals surface area contributed by atoms with Gasteiger partial charge in [0.25, 0.3) is 0 Å². The molecule has 52 valence electrons. The molecule has 0 N–H and O–H groups in total. The molecule has 0 amide bonds. The van der Waals surface area contributed by atoms with Crippen molar-refractivity contribution in [3.05, 3.63) is 12.7 Å². The molecule has 0 saturated carbocycles. The van der Waals surface area contributed by atoms with Gasteiger partial charge in [-0.25, -0.2) is 4.40 Å². The molecule has 9 heavy (non-hydrogen) atoms. The van der Waals surface area contributed by atoms with Crippen LogP contribution < -0.4 is 0 Å². The first-order valence-electron chi connectivity index (χ1n) is 3.15. The maximum Gasteiger partial charge on any atom is 0.0259 e. The van der Waals surface area contributed by atoms with E-state index < -0.39 is 0 Å². The Kier molecular flexibility index (Phi) is 5.73. The van der Waals surface area contributed by atoms with Gasteiger partial charge in [-0.3, -0.25) is 0 Å². The van der Waals surface area contributed by atoms with Crippen molar-refractivity contribution in [1.29, 1.82) is 0 Å². The lowest BCUT2D eigenvalue weighted by molar-refractivity contribution is 1.06. The Balaban J connectivity index is 3.44. The third-order valence-corrected chi connectivity index (χ3v) is 1.47. The molecule has 0 radical (unpaired) electrons. The lowest BCUT2D eigenvalue weighted by atomic mass is 10.2. The molecule has 0 aliphatic rings. The summed E-state index contributed by atoms with van der Waals surface area (Å²) in [5.74, 6) is 0. The van der Waals surface area contributed by atoms with E-state index in [0.717, 1.165) is 25.0 Å². The quantitative estimate of drug-likeness (QED) is 0.353. The van der Waals surface area contributed by atoms with Crippen molar-refractivity contribution in [1.82, 2.24) is 0 Å². The highest BCUT2D eigenvalue weighted by Crippen LogP contribution is 1.98. The highest BCUT2D eigenvalue weighted by molar-refractivity contribution is 7.79. The zero-order valence-electron chi connectivity index (χ0n) is 5.80. The van der Waals surface area contributed by atoms with Crippen molar-refractivity contribution in [2.24, 2.45) is 4.40 Å². The third-order valence-electron chi connectivity index (χ3n) is 1.19. The van der Waals surface area contributed by atoms with Gasteiger partial charge in [-0.2, -0.15) is 0 Å². The summed E-state index contributed by atoms with van der Waals surface area (Å²) in [4.78, 5) is 0. The van der Waals surface area contributed by atoms with Crippen LogP contribution in [0.1, 0.15) is 26.2 Å². The minimum atomic E-state index is 0.997. The van der Waals surface area contributed by atoms with Gasteiger partial charge >= 0.3 is 0 Å². The lowest BCUT2D eigenvalue weighted by Crippen LogP contribution is -1.92. The van der Waals surface area contributed by atoms with E-state index in [1.54, 1.807) is 0 Å². The third kappa shape index (κ3) is 4.28. The number of hydrogen-bond acceptors (Lipinski definition) is 2. The van der Waals surface area contributed by atoms with Crippen molar-refractivity contribution in [2.75, 3.05) is 0 Å². The fourth-order valence-electron chi connectivity index (χ4n) is 0.566. The molecular weight excluding hydrogens is 130 g/mol. The van der Waals surface area contributed by atoms with Gasteiger partial charge in [0.05, 0.1) is 0 Å². The summed E-state index contributed by atoms with van der Waals surface area (Å²) in [5.41, 5.74) is 1.15. The number of rotatable bonds is 4. The molecule has 0 aliphatic heterocycles. The van der Waals surface area contributed by atoms with E-state index in [9.17, 15) is 0 Å². The molecule has 0 fully saturated rings. The molecule has 2 heteroatoms. The number of allylic oxidation sites excluding steroid dienone is 1. The molecule has 0 saturated heterocycles. The Labute approximate surface area is 62.4 Å². The Bertz CT molecular complexity index is 107. The van der Waals surface area contributed by atoms with Crippen LogP contribution in [0.4, 0.5) is 0 Å². The molecular formula is C7H13NS. The van der Waals surface area contributed by atoms with Crippen molar-refractivity contribution in [2.45, 2.75) is 26.2 Å². The van der Waals surface area contributed by atoms with Crippen LogP contribution in [0.25, 0.3) is 0 Å². The highest BCUT2D eigenvalue weighted by Gasteiger charge is 1.90. The second-order valence-corrected chi connectivity index (χ2v) is 2.05. The van der Waals surface area contributed by atoms with E-state index in [4.69, 9.17) is 0 Å². The SMILES string of the molecule is C=CCC/C(CC)=N/S. The number of hydrogen-bond donors (Lipinski definition) is 1. The van der Waals surface area contributed by atoms with Gasteiger partial charge in [0.15, 0.2) is 0 Å². The van der Waals surface area contributed by atoms with E-state index >= 15 is 0 Å². The van der Waals surface area contributed by atoms with Gasteiger partial charge in [-0.1, -0.05) is 13.0 Å². The normalized spacial score (nSPS) is 11.6. The number of nitrogens with zero attached hydrogens (tertiary/aromatic N) is 1. The van der Waals surface area contributed by atoms with E-state index in [2.05, 4.69) is 30.7 Å². The van der Waals surface area contributed by atoms with Gasteiger partial charge < -0.3 is 0 Å². The summed E-state index contributed by atoms with van der Waals surface area (Å²) in [5, 5.41) is 0. The average molecular weight is 143 g/mol. The summed E-state index contributed by atoms with van der Waals surface area (Å²) >= 11 is 3.82. The lowest BCUT2D eigenvalue weighted by Gasteiger charge is -1.95. The first-order valence-corrected chi connectivity index (χ1v) is 3.55. The van der Waals surface area contributed by atoms with E-state index in [1.807, 2.05) is 6.08 Å². The van der Waals surface area contributed by atoms with E-state index in [0.29, 0.717) is 0 Å². The fourth-order valence-corrected chi connectivity index (χ4v) is 0.808. The van der Waals surface area contributed by atoms with Crippen LogP contribution in [0.3, 0.4) is 0 Å². The molecule has 0 unspecified atom stereocenters. The second kappa shape index (κ2) is 5.89. The summed E-state index contributed by atoms with van der Waals surface area (Å²) in [6.45, 7) is 5.70. The molecule has 0 atom stereocenters. The zero-order chi connectivity index (χ0) is 7.11. The molecule has 0 aromatic rings. The van der Waals surface area contributed by atoms with Crippen LogP contribution >= 0.6 is 12.8 Å². The van der Waals surface area contributed by atoms with Crippen LogP contribution in [-0.2, 0) is 0 Å². The van der Waals surface area contributed by atoms with E-state index in [1.165, 1.54) is 0 Å². The standard InChI is InChI=1S/C7H13NS/c1-3-5-6-7(4-2)8-9/h3,9H,1,4-6H2,2H3/b8-7+. The van der Waals surface area contributed by atoms with Crippen LogP contribution in [0.2, 0.25) is 0 Å². The zero-order valence-corrected chi connectivity index (χ0v) is 6.69. The Hall–Kier alpha value is -0.240. The van der Waals surface area contributed by atoms with E-state index in [-0.39, 0.29) is 0 Å². The number of thiol groups is 1. The molecule has 0 aromatic heterocycles. The minimum Gasteiger partial charge on any atom is -0.229 e. The van der Waals surface area contributed by atoms with Crippen molar-refractivity contribution in [3.8, 4) is 0 Å². The predicted molar refractivity (Wildman–Crippen MR) is 46.1 cm³/mol. The molecule has 0 aromatic carbocycles. The minimum absolute atomic E-state index is 0.997. The Morgan fingerprint density at radius 3 is 2.78 bits per heavy atom. The average Bonchev–Trinajstić information content (AvgIpc) is 1.91. The van der Waals surface area contributed by atoms with Gasteiger partial charge in [-0.15, -0.1) is 6.58 Å². The molecule has 0 spiro atoms. The monoisotopic (exact) mass is 143 g/mol. The first kappa shape index (κ1) is 8.76. The van der Waals surface area contributed by atoms with Gasteiger partial charge in [-0.05, 0) is 32.1 Å². The molecule has 0 rings (SSSR count). The predicted octanol–water partition coefficient (Wildman–Crippen LogP) is 2.65. The topological polar surface area (TPSA) is 12.4 Å². The summed E-state index contributed by atoms with van der Waals surface area (Å²) in [6, 6.07) is 0. The van der Waals surface area contributed by atoms with Gasteiger partial charge in [0.1, 0.15) is 0 Å². The molecule has 0 bridgehead atoms. The fraction of sp³-hybridized carbons (Fsp3) is 0.571. The summed E-state index contributed by atoms with van der Waals surface area (Å²) in [6.07, 6.45) is 4.91. The highest BCUT2D eigenvalue weighted by atomic mass is 32.1. The van der Waals surface area contributed by atoms with Crippen LogP contribution in [0.15, 0.2) is 17.1 Å². The first-order chi connectivity index (χ1) is 4.35. The van der Waals surface area contributed by atoms with Crippen LogP contribution in [0, 0.1) is 0 Å².